The van der Waals surface area contributed by atoms with Gasteiger partial charge in [-0.05, 0) is 45.7 Å². The van der Waals surface area contributed by atoms with Gasteiger partial charge in [0.25, 0.3) is 5.91 Å². The average molecular weight is 417 g/mol. The first-order valence-electron chi connectivity index (χ1n) is 10.3. The Morgan fingerprint density at radius 2 is 1.70 bits per heavy atom. The molecule has 0 aromatic heterocycles. The highest BCUT2D eigenvalue weighted by atomic mass is 16.6. The summed E-state index contributed by atoms with van der Waals surface area (Å²) in [5.41, 5.74) is -0.377. The number of hydrogen-bond donors (Lipinski definition) is 0. The van der Waals surface area contributed by atoms with Gasteiger partial charge in [-0.25, -0.2) is 4.79 Å². The van der Waals surface area contributed by atoms with Crippen LogP contribution in [0.5, 0.6) is 0 Å². The van der Waals surface area contributed by atoms with E-state index in [1.807, 2.05) is 51.1 Å². The van der Waals surface area contributed by atoms with Gasteiger partial charge in [-0.2, -0.15) is 0 Å². The van der Waals surface area contributed by atoms with Crippen molar-refractivity contribution >= 4 is 23.6 Å². The second kappa shape index (κ2) is 8.16. The molecule has 3 rings (SSSR count). The lowest BCUT2D eigenvalue weighted by Gasteiger charge is -2.43. The summed E-state index contributed by atoms with van der Waals surface area (Å²) in [7, 11) is 3.37. The summed E-state index contributed by atoms with van der Waals surface area (Å²) in [6, 6.07) is 9.78. The third-order valence-corrected chi connectivity index (χ3v) is 5.65. The van der Waals surface area contributed by atoms with Crippen LogP contribution in [0.15, 0.2) is 30.3 Å². The molecule has 0 saturated carbocycles. The van der Waals surface area contributed by atoms with Gasteiger partial charge < -0.3 is 24.3 Å². The summed E-state index contributed by atoms with van der Waals surface area (Å²) in [5, 5.41) is 0. The van der Waals surface area contributed by atoms with Crippen molar-refractivity contribution in [3.8, 4) is 0 Å². The predicted octanol–water partition coefficient (Wildman–Crippen LogP) is 2.15. The molecule has 8 nitrogen and oxygen atoms in total. The Balaban J connectivity index is 1.82. The van der Waals surface area contributed by atoms with E-state index in [2.05, 4.69) is 4.90 Å². The van der Waals surface area contributed by atoms with Crippen LogP contribution in [-0.4, -0.2) is 84.1 Å². The van der Waals surface area contributed by atoms with Crippen molar-refractivity contribution in [1.29, 1.82) is 0 Å². The summed E-state index contributed by atoms with van der Waals surface area (Å²) in [4.78, 5) is 45.1. The number of rotatable bonds is 3. The number of carbonyl (C=O) groups is 3. The van der Waals surface area contributed by atoms with Crippen molar-refractivity contribution in [3.63, 3.8) is 0 Å². The first-order chi connectivity index (χ1) is 14.0. The molecule has 0 unspecified atom stereocenters. The Labute approximate surface area is 178 Å². The first-order valence-corrected chi connectivity index (χ1v) is 10.3. The van der Waals surface area contributed by atoms with Crippen molar-refractivity contribution in [2.24, 2.45) is 0 Å². The topological polar surface area (TPSA) is 73.4 Å². The van der Waals surface area contributed by atoms with Crippen LogP contribution in [0.25, 0.3) is 0 Å². The van der Waals surface area contributed by atoms with Crippen LogP contribution in [0, 0.1) is 0 Å². The number of para-hydroxylation sites is 1. The summed E-state index contributed by atoms with van der Waals surface area (Å²) in [6.07, 6.45) is 0.632. The normalized spacial score (nSPS) is 18.7. The molecule has 1 aromatic rings. The molecular weight excluding hydrogens is 384 g/mol. The minimum absolute atomic E-state index is 0.0483. The van der Waals surface area contributed by atoms with Gasteiger partial charge in [0.1, 0.15) is 17.7 Å². The monoisotopic (exact) mass is 416 g/mol. The molecule has 0 aliphatic carbocycles. The number of benzene rings is 1. The maximum atomic E-state index is 13.5. The minimum Gasteiger partial charge on any atom is -0.444 e. The van der Waals surface area contributed by atoms with Gasteiger partial charge in [-0.1, -0.05) is 18.2 Å². The highest BCUT2D eigenvalue weighted by Crippen LogP contribution is 2.39. The van der Waals surface area contributed by atoms with Crippen LogP contribution < -0.4 is 4.90 Å². The molecule has 1 spiro atoms. The molecule has 0 atom stereocenters. The number of likely N-dealkylation sites (tertiary alicyclic amines) is 1. The van der Waals surface area contributed by atoms with Crippen LogP contribution in [0.3, 0.4) is 0 Å². The number of anilines is 1. The van der Waals surface area contributed by atoms with E-state index >= 15 is 0 Å². The van der Waals surface area contributed by atoms with Crippen molar-refractivity contribution in [2.45, 2.75) is 44.8 Å². The van der Waals surface area contributed by atoms with Gasteiger partial charge in [-0.15, -0.1) is 0 Å². The molecule has 1 aromatic carbocycles. The number of piperidine rings is 1. The van der Waals surface area contributed by atoms with E-state index in [1.54, 1.807) is 23.9 Å². The fraction of sp³-hybridized carbons (Fsp3) is 0.591. The van der Waals surface area contributed by atoms with E-state index in [-0.39, 0.29) is 24.5 Å². The lowest BCUT2D eigenvalue weighted by molar-refractivity contribution is -0.139. The smallest absolute Gasteiger partial charge is 0.410 e. The summed E-state index contributed by atoms with van der Waals surface area (Å²) >= 11 is 0. The molecule has 2 heterocycles. The Morgan fingerprint density at radius 1 is 1.10 bits per heavy atom. The third kappa shape index (κ3) is 4.37. The zero-order valence-corrected chi connectivity index (χ0v) is 18.6. The SMILES string of the molecule is CN(C)C(=O)CN1CN(c2ccccc2)C2(CCN(C(=O)OC(C)(C)C)CC2)C1=O. The van der Waals surface area contributed by atoms with Crippen molar-refractivity contribution < 1.29 is 19.1 Å². The van der Waals surface area contributed by atoms with Gasteiger partial charge in [0, 0.05) is 32.9 Å². The van der Waals surface area contributed by atoms with E-state index < -0.39 is 11.1 Å². The zero-order chi connectivity index (χ0) is 22.1. The van der Waals surface area contributed by atoms with Gasteiger partial charge in [0.15, 0.2) is 0 Å². The Morgan fingerprint density at radius 3 is 2.23 bits per heavy atom. The summed E-state index contributed by atoms with van der Waals surface area (Å²) in [5.74, 6) is -0.162. The fourth-order valence-electron chi connectivity index (χ4n) is 4.01. The number of carbonyl (C=O) groups excluding carboxylic acids is 3. The molecule has 0 bridgehead atoms. The van der Waals surface area contributed by atoms with E-state index in [9.17, 15) is 14.4 Å². The lowest BCUT2D eigenvalue weighted by Crippen LogP contribution is -2.57. The van der Waals surface area contributed by atoms with Gasteiger partial charge in [-0.3, -0.25) is 9.59 Å². The summed E-state index contributed by atoms with van der Waals surface area (Å²) < 4.78 is 5.49. The highest BCUT2D eigenvalue weighted by Gasteiger charge is 2.54. The second-order valence-corrected chi connectivity index (χ2v) is 9.20. The quantitative estimate of drug-likeness (QED) is 0.755. The number of nitrogens with zero attached hydrogens (tertiary/aromatic N) is 4. The Kier molecular flexibility index (Phi) is 5.97. The average Bonchev–Trinajstić information content (AvgIpc) is 2.94. The standard InChI is InChI=1S/C22H32N4O4/c1-21(2,3)30-20(29)24-13-11-22(12-14-24)19(28)25(15-18(27)23(4)5)16-26(22)17-9-7-6-8-10-17/h6-10H,11-16H2,1-5H3. The second-order valence-electron chi connectivity index (χ2n) is 9.20. The molecule has 3 amide bonds. The van der Waals surface area contributed by atoms with Crippen LogP contribution in [0.1, 0.15) is 33.6 Å². The van der Waals surface area contributed by atoms with E-state index in [1.165, 1.54) is 4.90 Å². The number of ether oxygens (including phenoxy) is 1. The Bertz CT molecular complexity index is 795. The minimum atomic E-state index is -0.757. The molecule has 2 aliphatic rings. The molecule has 0 N–H and O–H groups in total. The third-order valence-electron chi connectivity index (χ3n) is 5.65. The van der Waals surface area contributed by atoms with E-state index in [0.29, 0.717) is 32.6 Å². The molecule has 30 heavy (non-hydrogen) atoms. The van der Waals surface area contributed by atoms with E-state index in [4.69, 9.17) is 4.74 Å². The molecular formula is C22H32N4O4. The molecule has 164 valence electrons. The van der Waals surface area contributed by atoms with Crippen LogP contribution >= 0.6 is 0 Å². The molecule has 2 aliphatic heterocycles. The van der Waals surface area contributed by atoms with Crippen molar-refractivity contribution in [3.05, 3.63) is 30.3 Å². The predicted molar refractivity (Wildman–Crippen MR) is 114 cm³/mol. The van der Waals surface area contributed by atoms with E-state index in [0.717, 1.165) is 5.69 Å². The van der Waals surface area contributed by atoms with Crippen molar-refractivity contribution in [1.82, 2.24) is 14.7 Å². The highest BCUT2D eigenvalue weighted by molar-refractivity contribution is 5.96. The van der Waals surface area contributed by atoms with Crippen LogP contribution in [-0.2, 0) is 14.3 Å². The van der Waals surface area contributed by atoms with Crippen LogP contribution in [0.4, 0.5) is 10.5 Å². The largest absolute Gasteiger partial charge is 0.444 e. The van der Waals surface area contributed by atoms with Gasteiger partial charge >= 0.3 is 6.09 Å². The summed E-state index contributed by atoms with van der Waals surface area (Å²) in [6.45, 7) is 6.79. The number of amides is 3. The molecule has 2 fully saturated rings. The maximum Gasteiger partial charge on any atom is 0.410 e. The lowest BCUT2D eigenvalue weighted by atomic mass is 9.85. The van der Waals surface area contributed by atoms with Crippen molar-refractivity contribution in [2.75, 3.05) is 45.3 Å². The molecule has 2 saturated heterocycles. The Hall–Kier alpha value is -2.77. The maximum absolute atomic E-state index is 13.5. The number of likely N-dealkylation sites (N-methyl/N-ethyl adjacent to an activating group) is 1. The first kappa shape index (κ1) is 21.9. The number of hydrogen-bond acceptors (Lipinski definition) is 5. The zero-order valence-electron chi connectivity index (χ0n) is 18.6. The fourth-order valence-corrected chi connectivity index (χ4v) is 4.01. The molecule has 0 radical (unpaired) electrons. The van der Waals surface area contributed by atoms with Gasteiger partial charge in [0.2, 0.25) is 5.91 Å². The van der Waals surface area contributed by atoms with Gasteiger partial charge in [0.05, 0.1) is 6.67 Å². The molecule has 8 heteroatoms. The van der Waals surface area contributed by atoms with Crippen LogP contribution in [0.2, 0.25) is 0 Å².